The maximum Gasteiger partial charge on any atom is 0.179 e. The van der Waals surface area contributed by atoms with Crippen LogP contribution in [0, 0.1) is 0 Å². The molecule has 0 fully saturated rings. The Labute approximate surface area is 206 Å². The molecule has 0 aliphatic carbocycles. The van der Waals surface area contributed by atoms with E-state index in [4.69, 9.17) is 4.74 Å². The van der Waals surface area contributed by atoms with E-state index < -0.39 is 24.4 Å². The zero-order chi connectivity index (χ0) is 25.4. The van der Waals surface area contributed by atoms with Crippen molar-refractivity contribution in [3.63, 3.8) is 0 Å². The molecule has 0 atom stereocenters. The molecule has 0 spiro atoms. The van der Waals surface area contributed by atoms with Crippen molar-refractivity contribution in [2.75, 3.05) is 12.5 Å². The Bertz CT molecular complexity index is 1620. The standard InChI is InChI=1S/C27H27NO5S2/c1-27(2,35(4,31)32)22-16-21-11-8-14-28-26(21)23(17-22)20-10-7-9-19(15-20)18-33-24-12-5-6-13-25(24)34(3,29)30/h5-17H,18H2,1-4H3. The van der Waals surface area contributed by atoms with E-state index in [0.717, 1.165) is 33.8 Å². The van der Waals surface area contributed by atoms with E-state index in [2.05, 4.69) is 4.98 Å². The number of rotatable bonds is 7. The first-order chi connectivity index (χ1) is 16.4. The average molecular weight is 510 g/mol. The largest absolute Gasteiger partial charge is 0.488 e. The number of fused-ring (bicyclic) bond motifs is 1. The lowest BCUT2D eigenvalue weighted by atomic mass is 9.93. The number of benzene rings is 3. The first-order valence-corrected chi connectivity index (χ1v) is 14.8. The van der Waals surface area contributed by atoms with Crippen molar-refractivity contribution < 1.29 is 21.6 Å². The number of hydrogen-bond acceptors (Lipinski definition) is 6. The van der Waals surface area contributed by atoms with E-state index in [0.29, 0.717) is 11.3 Å². The summed E-state index contributed by atoms with van der Waals surface area (Å²) in [4.78, 5) is 4.70. The SMILES string of the molecule is CC(C)(c1cc(-c2cccc(COc3ccccc3S(C)(=O)=O)c2)c2ncccc2c1)S(C)(=O)=O. The van der Waals surface area contributed by atoms with Gasteiger partial charge in [0.1, 0.15) is 17.3 Å². The molecule has 1 heterocycles. The molecule has 6 nitrogen and oxygen atoms in total. The molecule has 0 N–H and O–H groups in total. The van der Waals surface area contributed by atoms with Crippen LogP contribution in [-0.2, 0) is 31.0 Å². The van der Waals surface area contributed by atoms with Crippen molar-refractivity contribution in [2.45, 2.75) is 30.1 Å². The summed E-state index contributed by atoms with van der Waals surface area (Å²) in [5, 5.41) is 0.848. The molecule has 1 aromatic heterocycles. The fraction of sp³-hybridized carbons (Fsp3) is 0.222. The minimum absolute atomic E-state index is 0.141. The van der Waals surface area contributed by atoms with Gasteiger partial charge in [0.15, 0.2) is 19.7 Å². The average Bonchev–Trinajstić information content (AvgIpc) is 2.81. The third-order valence-electron chi connectivity index (χ3n) is 6.21. The highest BCUT2D eigenvalue weighted by Crippen LogP contribution is 2.36. The van der Waals surface area contributed by atoms with Gasteiger partial charge >= 0.3 is 0 Å². The minimum atomic E-state index is -3.43. The second-order valence-corrected chi connectivity index (χ2v) is 13.6. The van der Waals surface area contributed by atoms with Gasteiger partial charge in [0.25, 0.3) is 0 Å². The maximum atomic E-state index is 12.5. The summed E-state index contributed by atoms with van der Waals surface area (Å²) >= 11 is 0. The van der Waals surface area contributed by atoms with Gasteiger partial charge < -0.3 is 4.74 Å². The van der Waals surface area contributed by atoms with E-state index in [9.17, 15) is 16.8 Å². The molecule has 182 valence electrons. The second kappa shape index (κ2) is 9.09. The van der Waals surface area contributed by atoms with Gasteiger partial charge in [-0.3, -0.25) is 4.98 Å². The molecule has 0 unspecified atom stereocenters. The summed E-state index contributed by atoms with van der Waals surface area (Å²) in [7, 11) is -6.80. The molecule has 0 saturated heterocycles. The van der Waals surface area contributed by atoms with E-state index in [-0.39, 0.29) is 11.5 Å². The van der Waals surface area contributed by atoms with Gasteiger partial charge in [-0.2, -0.15) is 0 Å². The van der Waals surface area contributed by atoms with E-state index >= 15 is 0 Å². The number of para-hydroxylation sites is 1. The molecule has 35 heavy (non-hydrogen) atoms. The molecule has 4 rings (SSSR count). The summed E-state index contributed by atoms with van der Waals surface area (Å²) in [6.45, 7) is 3.57. The van der Waals surface area contributed by atoms with Crippen molar-refractivity contribution in [3.8, 4) is 16.9 Å². The first-order valence-electron chi connectivity index (χ1n) is 11.0. The van der Waals surface area contributed by atoms with Crippen LogP contribution in [0.5, 0.6) is 5.75 Å². The van der Waals surface area contributed by atoms with Gasteiger partial charge in [-0.1, -0.05) is 36.4 Å². The number of ether oxygens (including phenoxy) is 1. The minimum Gasteiger partial charge on any atom is -0.488 e. The Kier molecular flexibility index (Phi) is 6.46. The fourth-order valence-corrected chi connectivity index (χ4v) is 5.20. The first kappa shape index (κ1) is 24.9. The molecule has 8 heteroatoms. The number of nitrogens with zero attached hydrogens (tertiary/aromatic N) is 1. The highest BCUT2D eigenvalue weighted by Gasteiger charge is 2.33. The molecular weight excluding hydrogens is 482 g/mol. The highest BCUT2D eigenvalue weighted by molar-refractivity contribution is 7.91. The van der Waals surface area contributed by atoms with E-state index in [1.54, 1.807) is 38.2 Å². The Balaban J connectivity index is 1.76. The van der Waals surface area contributed by atoms with Crippen molar-refractivity contribution in [3.05, 3.63) is 90.1 Å². The van der Waals surface area contributed by atoms with Gasteiger partial charge in [0.2, 0.25) is 0 Å². The van der Waals surface area contributed by atoms with Crippen LogP contribution in [0.25, 0.3) is 22.0 Å². The maximum absolute atomic E-state index is 12.5. The summed E-state index contributed by atoms with van der Waals surface area (Å²) < 4.78 is 54.0. The van der Waals surface area contributed by atoms with E-state index in [1.165, 1.54) is 12.3 Å². The molecule has 0 bridgehead atoms. The van der Waals surface area contributed by atoms with Gasteiger partial charge in [0, 0.05) is 29.7 Å². The van der Waals surface area contributed by atoms with Crippen molar-refractivity contribution in [2.24, 2.45) is 0 Å². The molecule has 0 aliphatic heterocycles. The number of sulfone groups is 2. The van der Waals surface area contributed by atoms with Gasteiger partial charge in [-0.05, 0) is 66.9 Å². The number of pyridine rings is 1. The quantitative estimate of drug-likeness (QED) is 0.342. The van der Waals surface area contributed by atoms with Crippen LogP contribution in [0.4, 0.5) is 0 Å². The lowest BCUT2D eigenvalue weighted by Gasteiger charge is -2.24. The lowest BCUT2D eigenvalue weighted by Crippen LogP contribution is -2.28. The third-order valence-corrected chi connectivity index (χ3v) is 9.43. The smallest absolute Gasteiger partial charge is 0.179 e. The van der Waals surface area contributed by atoms with Crippen molar-refractivity contribution in [1.29, 1.82) is 0 Å². The summed E-state index contributed by atoms with van der Waals surface area (Å²) in [5.74, 6) is 0.296. The van der Waals surface area contributed by atoms with E-state index in [1.807, 2.05) is 48.5 Å². The highest BCUT2D eigenvalue weighted by atomic mass is 32.2. The van der Waals surface area contributed by atoms with Crippen LogP contribution in [0.2, 0.25) is 0 Å². The van der Waals surface area contributed by atoms with Crippen LogP contribution < -0.4 is 4.74 Å². The zero-order valence-electron chi connectivity index (χ0n) is 20.0. The molecule has 3 aromatic carbocycles. The van der Waals surface area contributed by atoms with Gasteiger partial charge in [0.05, 0.1) is 10.3 Å². The Hall–Kier alpha value is -3.23. The molecule has 0 amide bonds. The predicted octanol–water partition coefficient (Wildman–Crippen LogP) is 5.16. The summed E-state index contributed by atoms with van der Waals surface area (Å²) in [6, 6.07) is 21.7. The molecule has 4 aromatic rings. The van der Waals surface area contributed by atoms with Crippen molar-refractivity contribution in [1.82, 2.24) is 4.98 Å². The number of aromatic nitrogens is 1. The third kappa shape index (κ3) is 5.09. The van der Waals surface area contributed by atoms with Gasteiger partial charge in [-0.15, -0.1) is 0 Å². The molecular formula is C27H27NO5S2. The number of hydrogen-bond donors (Lipinski definition) is 0. The van der Waals surface area contributed by atoms with Crippen LogP contribution >= 0.6 is 0 Å². The van der Waals surface area contributed by atoms with Crippen LogP contribution in [-0.4, -0.2) is 34.3 Å². The molecule has 0 saturated carbocycles. The van der Waals surface area contributed by atoms with Gasteiger partial charge in [-0.25, -0.2) is 16.8 Å². The summed E-state index contributed by atoms with van der Waals surface area (Å²) in [6.07, 6.45) is 4.10. The van der Waals surface area contributed by atoms with Crippen LogP contribution in [0.1, 0.15) is 25.0 Å². The summed E-state index contributed by atoms with van der Waals surface area (Å²) in [5.41, 5.74) is 3.95. The monoisotopic (exact) mass is 509 g/mol. The van der Waals surface area contributed by atoms with Crippen LogP contribution in [0.3, 0.4) is 0 Å². The normalized spacial score (nSPS) is 12.6. The molecule has 0 radical (unpaired) electrons. The van der Waals surface area contributed by atoms with Crippen LogP contribution in [0.15, 0.2) is 83.9 Å². The van der Waals surface area contributed by atoms with Crippen molar-refractivity contribution >= 4 is 30.6 Å². The lowest BCUT2D eigenvalue weighted by molar-refractivity contribution is 0.298. The molecule has 0 aliphatic rings. The zero-order valence-corrected chi connectivity index (χ0v) is 21.7. The predicted molar refractivity (Wildman–Crippen MR) is 139 cm³/mol. The second-order valence-electron chi connectivity index (χ2n) is 9.09. The Morgan fingerprint density at radius 3 is 2.31 bits per heavy atom. The Morgan fingerprint density at radius 1 is 0.857 bits per heavy atom. The topological polar surface area (TPSA) is 90.4 Å². The fourth-order valence-electron chi connectivity index (χ4n) is 3.84. The Morgan fingerprint density at radius 2 is 1.60 bits per heavy atom.